The Labute approximate surface area is 175 Å². The van der Waals surface area contributed by atoms with Crippen LogP contribution in [0.4, 0.5) is 0 Å². The van der Waals surface area contributed by atoms with Gasteiger partial charge in [0, 0.05) is 0 Å². The van der Waals surface area contributed by atoms with E-state index in [9.17, 15) is 0 Å². The SMILES string of the molecule is [CH2-]CCB1C2CCCC1CCC2.[CH2-]CCB1C2CCCC1CCC2.[Mg+2]. The van der Waals surface area contributed by atoms with E-state index in [1.165, 1.54) is 89.7 Å². The molecule has 4 aliphatic rings. The molecular weight excluding hydrogens is 310 g/mol. The van der Waals surface area contributed by atoms with Gasteiger partial charge in [-0.25, -0.2) is 0 Å². The molecule has 0 radical (unpaired) electrons. The smallest absolute Gasteiger partial charge is 0.344 e. The molecule has 0 N–H and O–H groups in total. The van der Waals surface area contributed by atoms with Crippen LogP contribution in [0.5, 0.6) is 0 Å². The molecule has 4 fully saturated rings. The summed E-state index contributed by atoms with van der Waals surface area (Å²) < 4.78 is 0. The molecule has 0 aromatic rings. The molecule has 3 heteroatoms. The van der Waals surface area contributed by atoms with Crippen molar-refractivity contribution in [2.45, 2.75) is 126 Å². The van der Waals surface area contributed by atoms with Crippen molar-refractivity contribution in [2.75, 3.05) is 0 Å². The van der Waals surface area contributed by atoms with Crippen LogP contribution in [-0.2, 0) is 0 Å². The molecule has 0 aliphatic carbocycles. The zero-order valence-electron chi connectivity index (χ0n) is 16.9. The zero-order valence-corrected chi connectivity index (χ0v) is 18.3. The monoisotopic (exact) mass is 350 g/mol. The molecule has 4 heterocycles. The Balaban J connectivity index is 0.000000173. The van der Waals surface area contributed by atoms with Gasteiger partial charge >= 0.3 is 23.1 Å². The van der Waals surface area contributed by atoms with E-state index in [1.807, 2.05) is 0 Å². The summed E-state index contributed by atoms with van der Waals surface area (Å²) in [4.78, 5) is 0. The van der Waals surface area contributed by atoms with Crippen LogP contribution >= 0.6 is 0 Å². The van der Waals surface area contributed by atoms with E-state index in [0.29, 0.717) is 0 Å². The predicted octanol–water partition coefficient (Wildman–Crippen LogP) is 7.25. The molecule has 136 valence electrons. The molecule has 0 aromatic carbocycles. The first-order valence-corrected chi connectivity index (χ1v) is 11.4. The molecule has 4 bridgehead atoms. The normalized spacial score (nSPS) is 33.8. The molecule has 0 aromatic heterocycles. The van der Waals surface area contributed by atoms with Gasteiger partial charge in [-0.1, -0.05) is 100 Å². The van der Waals surface area contributed by atoms with Crippen LogP contribution in [0.25, 0.3) is 0 Å². The average molecular weight is 350 g/mol. The molecule has 0 amide bonds. The van der Waals surface area contributed by atoms with Crippen molar-refractivity contribution in [3.05, 3.63) is 13.8 Å². The first-order chi connectivity index (χ1) is 11.8. The minimum absolute atomic E-state index is 0. The summed E-state index contributed by atoms with van der Waals surface area (Å²) in [6.07, 6.45) is 23.5. The third-order valence-corrected chi connectivity index (χ3v) is 8.10. The fourth-order valence-electron chi connectivity index (χ4n) is 7.04. The molecule has 0 nitrogen and oxygen atoms in total. The maximum atomic E-state index is 4.01. The van der Waals surface area contributed by atoms with Crippen LogP contribution in [0.2, 0.25) is 35.9 Å². The molecule has 0 atom stereocenters. The van der Waals surface area contributed by atoms with Gasteiger partial charge in [0.25, 0.3) is 0 Å². The molecule has 4 rings (SSSR count). The first-order valence-electron chi connectivity index (χ1n) is 11.4. The van der Waals surface area contributed by atoms with Gasteiger partial charge in [0.2, 0.25) is 0 Å². The minimum Gasteiger partial charge on any atom is -0.344 e. The van der Waals surface area contributed by atoms with E-state index >= 15 is 0 Å². The Morgan fingerprint density at radius 3 is 0.960 bits per heavy atom. The summed E-state index contributed by atoms with van der Waals surface area (Å²) in [5.74, 6) is 4.39. The van der Waals surface area contributed by atoms with Gasteiger partial charge in [0.15, 0.2) is 0 Å². The summed E-state index contributed by atoms with van der Waals surface area (Å²) >= 11 is 0. The van der Waals surface area contributed by atoms with E-state index in [0.717, 1.165) is 49.5 Å². The Hall–Kier alpha value is 0.896. The van der Waals surface area contributed by atoms with Crippen molar-refractivity contribution in [1.29, 1.82) is 0 Å². The van der Waals surface area contributed by atoms with Crippen LogP contribution in [0.1, 0.15) is 89.9 Å². The van der Waals surface area contributed by atoms with Gasteiger partial charge < -0.3 is 13.8 Å². The maximum Gasteiger partial charge on any atom is 2.00 e. The quantitative estimate of drug-likeness (QED) is 0.370. The fraction of sp³-hybridized carbons (Fsp3) is 0.909. The van der Waals surface area contributed by atoms with Crippen LogP contribution in [0.3, 0.4) is 0 Å². The third kappa shape index (κ3) is 5.93. The zero-order chi connectivity index (χ0) is 16.8. The van der Waals surface area contributed by atoms with Crippen molar-refractivity contribution >= 4 is 36.5 Å². The van der Waals surface area contributed by atoms with Crippen molar-refractivity contribution in [2.24, 2.45) is 0 Å². The minimum atomic E-state index is 0. The van der Waals surface area contributed by atoms with Crippen LogP contribution < -0.4 is 0 Å². The average Bonchev–Trinajstić information content (AvgIpc) is 2.56. The van der Waals surface area contributed by atoms with Gasteiger partial charge in [-0.05, 0) is 0 Å². The topological polar surface area (TPSA) is 0 Å². The van der Waals surface area contributed by atoms with Gasteiger partial charge in [-0.3, -0.25) is 0 Å². The Bertz CT molecular complexity index is 284. The van der Waals surface area contributed by atoms with Gasteiger partial charge in [0.05, 0.1) is 0 Å². The van der Waals surface area contributed by atoms with E-state index in [2.05, 4.69) is 13.8 Å². The van der Waals surface area contributed by atoms with Gasteiger partial charge in [-0.2, -0.15) is 12.8 Å². The van der Waals surface area contributed by atoms with E-state index in [1.54, 1.807) is 0 Å². The number of hydrogen-bond acceptors (Lipinski definition) is 0. The van der Waals surface area contributed by atoms with E-state index < -0.39 is 0 Å². The van der Waals surface area contributed by atoms with E-state index in [-0.39, 0.29) is 23.1 Å². The van der Waals surface area contributed by atoms with Crippen molar-refractivity contribution in [1.82, 2.24) is 0 Å². The summed E-state index contributed by atoms with van der Waals surface area (Å²) in [7, 11) is 0. The van der Waals surface area contributed by atoms with Gasteiger partial charge in [0.1, 0.15) is 13.4 Å². The van der Waals surface area contributed by atoms with Crippen LogP contribution in [0.15, 0.2) is 0 Å². The second-order valence-corrected chi connectivity index (χ2v) is 9.38. The summed E-state index contributed by atoms with van der Waals surface area (Å²) in [5.41, 5.74) is 0. The van der Waals surface area contributed by atoms with Crippen LogP contribution in [-0.4, -0.2) is 36.5 Å². The Morgan fingerprint density at radius 2 is 0.760 bits per heavy atom. The largest absolute Gasteiger partial charge is 2.00 e. The second kappa shape index (κ2) is 11.7. The molecule has 0 saturated carbocycles. The second-order valence-electron chi connectivity index (χ2n) is 9.38. The first kappa shape index (κ1) is 22.2. The Morgan fingerprint density at radius 1 is 0.520 bits per heavy atom. The predicted molar refractivity (Wildman–Crippen MR) is 117 cm³/mol. The van der Waals surface area contributed by atoms with Gasteiger partial charge in [-0.15, -0.1) is 12.6 Å². The fourth-order valence-corrected chi connectivity index (χ4v) is 7.04. The molecule has 0 unspecified atom stereocenters. The number of fused-ring (bicyclic) bond motifs is 4. The maximum absolute atomic E-state index is 4.01. The standard InChI is InChI=1S/2C11H20B.Mg/c2*1-2-9-12-10-5-3-6-11(12)8-4-7-10;/h2*10-11H,1-9H2;/q2*-1;+2. The van der Waals surface area contributed by atoms with Crippen molar-refractivity contribution in [3.63, 3.8) is 0 Å². The summed E-state index contributed by atoms with van der Waals surface area (Å²) in [5, 5.41) is 0. The molecule has 4 saturated heterocycles. The number of rotatable bonds is 4. The van der Waals surface area contributed by atoms with Crippen LogP contribution in [0, 0.1) is 13.8 Å². The third-order valence-electron chi connectivity index (χ3n) is 8.10. The molecule has 0 spiro atoms. The summed E-state index contributed by atoms with van der Waals surface area (Å²) in [6.45, 7) is 10.2. The van der Waals surface area contributed by atoms with Crippen molar-refractivity contribution in [3.8, 4) is 0 Å². The molecule has 25 heavy (non-hydrogen) atoms. The molecular formula is C22H40B2Mg. The summed E-state index contributed by atoms with van der Waals surface area (Å²) in [6, 6.07) is 0. The molecule has 4 aliphatic heterocycles. The van der Waals surface area contributed by atoms with Crippen molar-refractivity contribution < 1.29 is 0 Å². The Kier molecular flexibility index (Phi) is 10.4. The van der Waals surface area contributed by atoms with E-state index in [4.69, 9.17) is 0 Å². The number of hydrogen-bond donors (Lipinski definition) is 0.